The van der Waals surface area contributed by atoms with E-state index in [9.17, 15) is 13.2 Å². The number of aryl methyl sites for hydroxylation is 1. The van der Waals surface area contributed by atoms with E-state index < -0.39 is 10.2 Å². The third-order valence-electron chi connectivity index (χ3n) is 3.58. The topological polar surface area (TPSA) is 122 Å². The molecule has 0 unspecified atom stereocenters. The molecule has 0 bridgehead atoms. The van der Waals surface area contributed by atoms with E-state index in [2.05, 4.69) is 4.72 Å². The molecule has 2 aromatic carbocycles. The highest BCUT2D eigenvalue weighted by atomic mass is 32.2. The van der Waals surface area contributed by atoms with Gasteiger partial charge in [0.1, 0.15) is 0 Å². The number of nitrogens with one attached hydrogen (secondary N) is 1. The summed E-state index contributed by atoms with van der Waals surface area (Å²) in [7, 11) is -3.97. The predicted molar refractivity (Wildman–Crippen MR) is 98.3 cm³/mol. The predicted octanol–water partition coefficient (Wildman–Crippen LogP) is 2.34. The lowest BCUT2D eigenvalue weighted by Gasteiger charge is -2.13. The molecule has 0 aliphatic carbocycles. The van der Waals surface area contributed by atoms with Gasteiger partial charge in [0.2, 0.25) is 0 Å². The van der Waals surface area contributed by atoms with Crippen LogP contribution in [-0.2, 0) is 26.2 Å². The van der Waals surface area contributed by atoms with Gasteiger partial charge in [0.05, 0.1) is 23.9 Å². The first-order chi connectivity index (χ1) is 12.3. The van der Waals surface area contributed by atoms with E-state index in [1.54, 1.807) is 49.4 Å². The van der Waals surface area contributed by atoms with Crippen LogP contribution in [0.5, 0.6) is 0 Å². The number of carbonyl (C=O) groups is 1. The number of nitrogens with two attached hydrogens (primary N) is 1. The molecular weight excluding hydrogens is 354 g/mol. The number of nitrogens with zero attached hydrogens (tertiary/aromatic N) is 1. The number of nitriles is 1. The molecule has 8 heteroatoms. The zero-order valence-electron chi connectivity index (χ0n) is 14.2. The van der Waals surface area contributed by atoms with Crippen molar-refractivity contribution in [2.45, 2.75) is 19.8 Å². The molecule has 0 amide bonds. The van der Waals surface area contributed by atoms with Crippen molar-refractivity contribution in [3.8, 4) is 17.2 Å². The Balaban J connectivity index is 2.34. The number of hydrogen-bond donors (Lipinski definition) is 2. The Labute approximate surface area is 152 Å². The van der Waals surface area contributed by atoms with Gasteiger partial charge < -0.3 is 4.74 Å². The van der Waals surface area contributed by atoms with Gasteiger partial charge in [0, 0.05) is 12.0 Å². The highest BCUT2D eigenvalue weighted by molar-refractivity contribution is 7.90. The highest BCUT2D eigenvalue weighted by Gasteiger charge is 2.12. The van der Waals surface area contributed by atoms with Crippen LogP contribution in [0.2, 0.25) is 0 Å². The maximum absolute atomic E-state index is 11.5. The van der Waals surface area contributed by atoms with Gasteiger partial charge in [-0.2, -0.15) is 13.7 Å². The first-order valence-corrected chi connectivity index (χ1v) is 9.46. The smallest absolute Gasteiger partial charge is 0.306 e. The molecule has 0 atom stereocenters. The second-order valence-corrected chi connectivity index (χ2v) is 6.82. The van der Waals surface area contributed by atoms with Crippen LogP contribution in [0.25, 0.3) is 11.1 Å². The monoisotopic (exact) mass is 373 g/mol. The summed E-state index contributed by atoms with van der Waals surface area (Å²) in [6.07, 6.45) is 0.602. The summed E-state index contributed by atoms with van der Waals surface area (Å²) in [6, 6.07) is 14.0. The van der Waals surface area contributed by atoms with Crippen molar-refractivity contribution in [2.75, 3.05) is 11.3 Å². The fraction of sp³-hybridized carbons (Fsp3) is 0.222. The molecule has 2 aromatic rings. The van der Waals surface area contributed by atoms with E-state index in [-0.39, 0.29) is 12.4 Å². The molecule has 3 N–H and O–H groups in total. The summed E-state index contributed by atoms with van der Waals surface area (Å²) < 4.78 is 30.2. The van der Waals surface area contributed by atoms with Crippen molar-refractivity contribution in [2.24, 2.45) is 5.14 Å². The van der Waals surface area contributed by atoms with E-state index in [4.69, 9.17) is 15.1 Å². The molecule has 0 spiro atoms. The Bertz CT molecular complexity index is 932. The molecule has 0 saturated heterocycles. The van der Waals surface area contributed by atoms with Crippen molar-refractivity contribution in [3.05, 3.63) is 53.6 Å². The zero-order valence-corrected chi connectivity index (χ0v) is 15.0. The van der Waals surface area contributed by atoms with Crippen LogP contribution < -0.4 is 9.86 Å². The number of rotatable bonds is 7. The lowest BCUT2D eigenvalue weighted by Crippen LogP contribution is -2.22. The number of anilines is 1. The van der Waals surface area contributed by atoms with E-state index in [0.29, 0.717) is 29.8 Å². The van der Waals surface area contributed by atoms with Crippen LogP contribution in [0.3, 0.4) is 0 Å². The third kappa shape index (κ3) is 5.58. The van der Waals surface area contributed by atoms with E-state index >= 15 is 0 Å². The lowest BCUT2D eigenvalue weighted by atomic mass is 9.99. The van der Waals surface area contributed by atoms with Crippen molar-refractivity contribution in [3.63, 3.8) is 0 Å². The molecule has 0 aliphatic rings. The molecule has 0 heterocycles. The average molecular weight is 373 g/mol. The van der Waals surface area contributed by atoms with Gasteiger partial charge in [-0.05, 0) is 42.7 Å². The Morgan fingerprint density at radius 1 is 1.23 bits per heavy atom. The number of carbonyl (C=O) groups excluding carboxylic acids is 1. The second-order valence-electron chi connectivity index (χ2n) is 5.52. The van der Waals surface area contributed by atoms with E-state index in [1.165, 1.54) is 0 Å². The largest absolute Gasteiger partial charge is 0.466 e. The summed E-state index contributed by atoms with van der Waals surface area (Å²) in [5.74, 6) is -0.315. The first kappa shape index (κ1) is 19.4. The normalized spacial score (nSPS) is 10.8. The summed E-state index contributed by atoms with van der Waals surface area (Å²) in [6.45, 7) is 2.05. The highest BCUT2D eigenvalue weighted by Crippen LogP contribution is 2.30. The number of esters is 1. The van der Waals surface area contributed by atoms with Crippen LogP contribution in [0.1, 0.15) is 24.5 Å². The van der Waals surface area contributed by atoms with Crippen molar-refractivity contribution in [1.29, 1.82) is 5.26 Å². The Hall–Kier alpha value is -2.89. The summed E-state index contributed by atoms with van der Waals surface area (Å²) in [5.41, 5.74) is 2.91. The molecule has 2 rings (SSSR count). The maximum Gasteiger partial charge on any atom is 0.306 e. The minimum absolute atomic E-state index is 0.193. The second kappa shape index (κ2) is 8.47. The Kier molecular flexibility index (Phi) is 6.33. The summed E-state index contributed by atoms with van der Waals surface area (Å²) >= 11 is 0. The molecule has 0 saturated carbocycles. The average Bonchev–Trinajstić information content (AvgIpc) is 2.59. The van der Waals surface area contributed by atoms with Gasteiger partial charge in [0.25, 0.3) is 10.2 Å². The van der Waals surface area contributed by atoms with Gasteiger partial charge >= 0.3 is 5.97 Å². The van der Waals surface area contributed by atoms with E-state index in [0.717, 1.165) is 11.1 Å². The first-order valence-electron chi connectivity index (χ1n) is 7.92. The molecule has 136 valence electrons. The van der Waals surface area contributed by atoms with Crippen LogP contribution in [0.4, 0.5) is 5.69 Å². The molecule has 7 nitrogen and oxygen atoms in total. The van der Waals surface area contributed by atoms with Crippen LogP contribution in [-0.4, -0.2) is 21.0 Å². The quantitative estimate of drug-likeness (QED) is 0.721. The third-order valence-corrected chi connectivity index (χ3v) is 4.09. The minimum Gasteiger partial charge on any atom is -0.466 e. The molecule has 0 aliphatic heterocycles. The van der Waals surface area contributed by atoms with Crippen molar-refractivity contribution < 1.29 is 17.9 Å². The summed E-state index contributed by atoms with van der Waals surface area (Å²) in [5, 5.41) is 14.0. The van der Waals surface area contributed by atoms with Gasteiger partial charge in [0.15, 0.2) is 0 Å². The van der Waals surface area contributed by atoms with E-state index in [1.807, 2.05) is 6.07 Å². The lowest BCUT2D eigenvalue weighted by molar-refractivity contribution is -0.143. The summed E-state index contributed by atoms with van der Waals surface area (Å²) in [4.78, 5) is 11.5. The standard InChI is InChI=1S/C18H19N3O4S/c1-2-25-18(22)10-6-13-5-9-16(17(11-13)21-26(20,23)24)15-7-3-14(12-19)4-8-15/h3-5,7-9,11,21H,2,6,10H2,1H3,(H2,20,23,24). The zero-order chi connectivity index (χ0) is 19.2. The van der Waals surface area contributed by atoms with Crippen molar-refractivity contribution in [1.82, 2.24) is 0 Å². The minimum atomic E-state index is -3.97. The van der Waals surface area contributed by atoms with Gasteiger partial charge in [-0.15, -0.1) is 0 Å². The molecule has 26 heavy (non-hydrogen) atoms. The van der Waals surface area contributed by atoms with Gasteiger partial charge in [-0.1, -0.05) is 24.3 Å². The number of hydrogen-bond acceptors (Lipinski definition) is 5. The van der Waals surface area contributed by atoms with Crippen molar-refractivity contribution >= 4 is 21.9 Å². The van der Waals surface area contributed by atoms with Gasteiger partial charge in [-0.25, -0.2) is 5.14 Å². The number of ether oxygens (including phenoxy) is 1. The SMILES string of the molecule is CCOC(=O)CCc1ccc(-c2ccc(C#N)cc2)c(NS(N)(=O)=O)c1. The molecule has 0 radical (unpaired) electrons. The Morgan fingerprint density at radius 2 is 1.92 bits per heavy atom. The number of benzene rings is 2. The fourth-order valence-electron chi connectivity index (χ4n) is 2.44. The molecular formula is C18H19N3O4S. The maximum atomic E-state index is 11.5. The van der Waals surface area contributed by atoms with Gasteiger partial charge in [-0.3, -0.25) is 9.52 Å². The Morgan fingerprint density at radius 3 is 2.50 bits per heavy atom. The van der Waals surface area contributed by atoms with Crippen LogP contribution >= 0.6 is 0 Å². The molecule has 0 aromatic heterocycles. The van der Waals surface area contributed by atoms with Crippen LogP contribution in [0, 0.1) is 11.3 Å². The molecule has 0 fully saturated rings. The fourth-order valence-corrected chi connectivity index (χ4v) is 2.92. The van der Waals surface area contributed by atoms with Crippen LogP contribution in [0.15, 0.2) is 42.5 Å².